The molecule has 0 radical (unpaired) electrons. The highest BCUT2D eigenvalue weighted by Crippen LogP contribution is 2.20. The maximum absolute atomic E-state index is 14.7. The van der Waals surface area contributed by atoms with Crippen LogP contribution in [0.1, 0.15) is 41.0 Å². The zero-order chi connectivity index (χ0) is 20.3. The second-order valence-corrected chi connectivity index (χ2v) is 7.04. The topological polar surface area (TPSA) is 84.7 Å². The van der Waals surface area contributed by atoms with Gasteiger partial charge in [0.2, 0.25) is 0 Å². The molecule has 1 fully saturated rings. The molecule has 150 valence electrons. The fourth-order valence-corrected chi connectivity index (χ4v) is 3.41. The molecule has 0 unspecified atom stereocenters. The van der Waals surface area contributed by atoms with Gasteiger partial charge in [-0.3, -0.25) is 9.59 Å². The summed E-state index contributed by atoms with van der Waals surface area (Å²) < 4.78 is 21.8. The number of ether oxygens (including phenoxy) is 1. The van der Waals surface area contributed by atoms with E-state index in [0.29, 0.717) is 13.2 Å². The third-order valence-corrected chi connectivity index (χ3v) is 4.76. The quantitative estimate of drug-likeness (QED) is 0.787. The number of hydrogen-bond acceptors (Lipinski definition) is 4. The van der Waals surface area contributed by atoms with Crippen molar-refractivity contribution in [2.75, 3.05) is 19.7 Å². The van der Waals surface area contributed by atoms with Crippen LogP contribution < -0.4 is 0 Å². The summed E-state index contributed by atoms with van der Waals surface area (Å²) in [5, 5.41) is 13.2. The summed E-state index contributed by atoms with van der Waals surface area (Å²) >= 11 is 0. The van der Waals surface area contributed by atoms with Gasteiger partial charge >= 0.3 is 5.97 Å². The molecular weight excluding hydrogens is 365 g/mol. The average Bonchev–Trinajstić information content (AvgIpc) is 3.27. The smallest absolute Gasteiger partial charge is 0.305 e. The molecule has 1 N–H and O–H groups in total. The molecule has 1 atom stereocenters. The molecule has 2 aromatic rings. The number of aromatic nitrogens is 2. The SMILES string of the molecule is Cc1cc(C)n(-c2ccc(C(=O)N(CCC(=O)O)C[C@H]3CCCO3)cc2F)n1. The van der Waals surface area contributed by atoms with Gasteiger partial charge in [-0.1, -0.05) is 0 Å². The van der Waals surface area contributed by atoms with Crippen LogP contribution in [0.3, 0.4) is 0 Å². The summed E-state index contributed by atoms with van der Waals surface area (Å²) in [5.74, 6) is -1.96. The molecular formula is C20H24FN3O4. The van der Waals surface area contributed by atoms with Crippen LogP contribution in [0.15, 0.2) is 24.3 Å². The third kappa shape index (κ3) is 4.56. The number of carboxylic acid groups (broad SMARTS) is 1. The minimum atomic E-state index is -0.990. The lowest BCUT2D eigenvalue weighted by atomic mass is 10.1. The summed E-state index contributed by atoms with van der Waals surface area (Å²) in [6.07, 6.45) is 1.45. The number of nitrogens with zero attached hydrogens (tertiary/aromatic N) is 3. The van der Waals surface area contributed by atoms with E-state index >= 15 is 0 Å². The number of benzene rings is 1. The number of amides is 1. The Bertz CT molecular complexity index is 874. The first-order valence-corrected chi connectivity index (χ1v) is 9.31. The van der Waals surface area contributed by atoms with Crippen molar-refractivity contribution in [3.8, 4) is 5.69 Å². The lowest BCUT2D eigenvalue weighted by molar-refractivity contribution is -0.137. The molecule has 0 saturated carbocycles. The van der Waals surface area contributed by atoms with Gasteiger partial charge in [-0.25, -0.2) is 9.07 Å². The van der Waals surface area contributed by atoms with Crippen molar-refractivity contribution >= 4 is 11.9 Å². The van der Waals surface area contributed by atoms with Crippen LogP contribution in [0.4, 0.5) is 4.39 Å². The van der Waals surface area contributed by atoms with Crippen LogP contribution in [0, 0.1) is 19.7 Å². The van der Waals surface area contributed by atoms with E-state index in [0.717, 1.165) is 24.2 Å². The number of aliphatic carboxylic acids is 1. The number of carbonyl (C=O) groups excluding carboxylic acids is 1. The van der Waals surface area contributed by atoms with Crippen LogP contribution in [0.5, 0.6) is 0 Å². The Morgan fingerprint density at radius 1 is 1.36 bits per heavy atom. The summed E-state index contributed by atoms with van der Waals surface area (Å²) in [6.45, 7) is 4.64. The molecule has 0 spiro atoms. The lowest BCUT2D eigenvalue weighted by Crippen LogP contribution is -2.38. The van der Waals surface area contributed by atoms with Gasteiger partial charge in [0.25, 0.3) is 5.91 Å². The molecule has 28 heavy (non-hydrogen) atoms. The molecule has 2 heterocycles. The van der Waals surface area contributed by atoms with E-state index in [4.69, 9.17) is 9.84 Å². The van der Waals surface area contributed by atoms with Gasteiger partial charge in [-0.05, 0) is 51.0 Å². The molecule has 1 aliphatic rings. The molecule has 1 amide bonds. The van der Waals surface area contributed by atoms with E-state index in [-0.39, 0.29) is 30.3 Å². The number of carbonyl (C=O) groups is 2. The standard InChI is InChI=1S/C20H24FN3O4/c1-13-10-14(2)24(22-13)18-6-5-15(11-17(18)21)20(27)23(8-7-19(25)26)12-16-4-3-9-28-16/h5-6,10-11,16H,3-4,7-9,12H2,1-2H3,(H,25,26)/t16-/m1/s1. The van der Waals surface area contributed by atoms with Gasteiger partial charge in [-0.15, -0.1) is 0 Å². The molecule has 1 saturated heterocycles. The zero-order valence-electron chi connectivity index (χ0n) is 16.0. The predicted molar refractivity (Wildman–Crippen MR) is 100 cm³/mol. The van der Waals surface area contributed by atoms with E-state index in [1.54, 1.807) is 6.07 Å². The molecule has 7 nitrogen and oxygen atoms in total. The molecule has 3 rings (SSSR count). The van der Waals surface area contributed by atoms with E-state index in [1.165, 1.54) is 21.7 Å². The molecule has 0 bridgehead atoms. The Morgan fingerprint density at radius 2 is 2.14 bits per heavy atom. The van der Waals surface area contributed by atoms with E-state index < -0.39 is 17.7 Å². The molecule has 0 aliphatic carbocycles. The highest BCUT2D eigenvalue weighted by molar-refractivity contribution is 5.94. The molecule has 8 heteroatoms. The highest BCUT2D eigenvalue weighted by Gasteiger charge is 2.24. The molecule has 1 aliphatic heterocycles. The van der Waals surface area contributed by atoms with Crippen molar-refractivity contribution in [2.45, 2.75) is 39.2 Å². The fourth-order valence-electron chi connectivity index (χ4n) is 3.41. The van der Waals surface area contributed by atoms with Gasteiger partial charge in [0.05, 0.1) is 18.2 Å². The summed E-state index contributed by atoms with van der Waals surface area (Å²) in [5.41, 5.74) is 2.00. The fraction of sp³-hybridized carbons (Fsp3) is 0.450. The summed E-state index contributed by atoms with van der Waals surface area (Å²) in [4.78, 5) is 25.3. The van der Waals surface area contributed by atoms with Gasteiger partial charge in [0.15, 0.2) is 0 Å². The minimum absolute atomic E-state index is 0.0505. The van der Waals surface area contributed by atoms with Crippen molar-refractivity contribution < 1.29 is 23.8 Å². The Balaban J connectivity index is 1.82. The van der Waals surface area contributed by atoms with Crippen LogP contribution in [0.2, 0.25) is 0 Å². The van der Waals surface area contributed by atoms with Crippen molar-refractivity contribution in [2.24, 2.45) is 0 Å². The van der Waals surface area contributed by atoms with Gasteiger partial charge in [0, 0.05) is 31.0 Å². The van der Waals surface area contributed by atoms with Crippen LogP contribution in [0.25, 0.3) is 5.69 Å². The summed E-state index contributed by atoms with van der Waals surface area (Å²) in [7, 11) is 0. The first-order chi connectivity index (χ1) is 13.3. The normalized spacial score (nSPS) is 16.3. The van der Waals surface area contributed by atoms with Crippen molar-refractivity contribution in [1.29, 1.82) is 0 Å². The Hall–Kier alpha value is -2.74. The van der Waals surface area contributed by atoms with Gasteiger partial charge in [-0.2, -0.15) is 5.10 Å². The zero-order valence-corrected chi connectivity index (χ0v) is 16.0. The van der Waals surface area contributed by atoms with E-state index in [2.05, 4.69) is 5.10 Å². The second kappa shape index (κ2) is 8.52. The Morgan fingerprint density at radius 3 is 2.71 bits per heavy atom. The van der Waals surface area contributed by atoms with Crippen LogP contribution in [-0.2, 0) is 9.53 Å². The first kappa shape index (κ1) is 20.0. The summed E-state index contributed by atoms with van der Waals surface area (Å²) in [6, 6.07) is 6.08. The van der Waals surface area contributed by atoms with Crippen molar-refractivity contribution in [3.63, 3.8) is 0 Å². The highest BCUT2D eigenvalue weighted by atomic mass is 19.1. The Labute approximate surface area is 162 Å². The third-order valence-electron chi connectivity index (χ3n) is 4.76. The molecule has 1 aromatic carbocycles. The van der Waals surface area contributed by atoms with Crippen LogP contribution >= 0.6 is 0 Å². The largest absolute Gasteiger partial charge is 0.481 e. The van der Waals surface area contributed by atoms with Gasteiger partial charge in [0.1, 0.15) is 11.5 Å². The average molecular weight is 389 g/mol. The lowest BCUT2D eigenvalue weighted by Gasteiger charge is -2.25. The first-order valence-electron chi connectivity index (χ1n) is 9.31. The monoisotopic (exact) mass is 389 g/mol. The Kier molecular flexibility index (Phi) is 6.08. The maximum atomic E-state index is 14.7. The second-order valence-electron chi connectivity index (χ2n) is 7.04. The van der Waals surface area contributed by atoms with E-state index in [9.17, 15) is 14.0 Å². The number of hydrogen-bond donors (Lipinski definition) is 1. The number of aryl methyl sites for hydroxylation is 2. The molecule has 1 aromatic heterocycles. The van der Waals surface area contributed by atoms with Crippen LogP contribution in [-0.4, -0.2) is 57.5 Å². The van der Waals surface area contributed by atoms with Crippen molar-refractivity contribution in [1.82, 2.24) is 14.7 Å². The van der Waals surface area contributed by atoms with E-state index in [1.807, 2.05) is 19.9 Å². The number of halogens is 1. The number of rotatable bonds is 7. The van der Waals surface area contributed by atoms with Gasteiger partial charge < -0.3 is 14.7 Å². The maximum Gasteiger partial charge on any atom is 0.305 e. The minimum Gasteiger partial charge on any atom is -0.481 e. The predicted octanol–water partition coefficient (Wildman–Crippen LogP) is 2.72. The van der Waals surface area contributed by atoms with Crippen molar-refractivity contribution in [3.05, 3.63) is 47.0 Å². The number of carboxylic acids is 1.